The van der Waals surface area contributed by atoms with Crippen molar-refractivity contribution in [3.63, 3.8) is 0 Å². The van der Waals surface area contributed by atoms with Gasteiger partial charge in [-0.25, -0.2) is 4.79 Å². The molecule has 1 atom stereocenters. The first-order valence-electron chi connectivity index (χ1n) is 5.16. The predicted octanol–water partition coefficient (Wildman–Crippen LogP) is 2.00. The summed E-state index contributed by atoms with van der Waals surface area (Å²) in [6, 6.07) is 0. The first-order valence-corrected chi connectivity index (χ1v) is 5.16. The van der Waals surface area contributed by atoms with Crippen LogP contribution in [0, 0.1) is 0 Å². The topological polar surface area (TPSA) is 63.6 Å². The summed E-state index contributed by atoms with van der Waals surface area (Å²) in [4.78, 5) is 21.7. The third-order valence-corrected chi connectivity index (χ3v) is 2.13. The number of esters is 1. The number of aliphatic hydroxyl groups excluding tert-OH is 1. The van der Waals surface area contributed by atoms with Crippen molar-refractivity contribution in [2.24, 2.45) is 0 Å². The van der Waals surface area contributed by atoms with Gasteiger partial charge in [0.15, 0.2) is 5.78 Å². The lowest BCUT2D eigenvalue weighted by molar-refractivity contribution is -0.140. The van der Waals surface area contributed by atoms with Crippen LogP contribution in [-0.2, 0) is 14.3 Å². The van der Waals surface area contributed by atoms with Crippen molar-refractivity contribution >= 4 is 11.8 Å². The molecule has 0 saturated carbocycles. The predicted molar refractivity (Wildman–Crippen MR) is 63.3 cm³/mol. The number of hydrogen-bond acceptors (Lipinski definition) is 4. The average molecular weight is 234 g/mol. The monoisotopic (exact) mass is 234 g/mol. The fraction of sp³-hybridized carbons (Fsp3) is 0.231. The van der Waals surface area contributed by atoms with Gasteiger partial charge in [-0.15, -0.1) is 0 Å². The Labute approximate surface area is 99.6 Å². The summed E-state index contributed by atoms with van der Waals surface area (Å²) in [5.41, 5.74) is 0.547. The maximum absolute atomic E-state index is 10.9. The molecule has 4 heteroatoms. The quantitative estimate of drug-likeness (QED) is 0.459. The van der Waals surface area contributed by atoms with Crippen LogP contribution in [0.15, 0.2) is 48.3 Å². The Kier molecular flexibility index (Phi) is 4.46. The van der Waals surface area contributed by atoms with Crippen molar-refractivity contribution in [1.82, 2.24) is 0 Å². The molecule has 0 aromatic carbocycles. The minimum atomic E-state index is -0.486. The van der Waals surface area contributed by atoms with E-state index in [4.69, 9.17) is 4.74 Å². The SMILES string of the molecule is C=CC(=O)OC1C=CC(C(O)=CC(C)=O)=CC1. The van der Waals surface area contributed by atoms with Gasteiger partial charge in [0.25, 0.3) is 0 Å². The molecule has 0 amide bonds. The van der Waals surface area contributed by atoms with E-state index < -0.39 is 5.97 Å². The number of aliphatic hydroxyl groups is 1. The Morgan fingerprint density at radius 1 is 1.59 bits per heavy atom. The van der Waals surface area contributed by atoms with E-state index in [0.29, 0.717) is 12.0 Å². The molecular weight excluding hydrogens is 220 g/mol. The summed E-state index contributed by atoms with van der Waals surface area (Å²) in [7, 11) is 0. The maximum Gasteiger partial charge on any atom is 0.330 e. The van der Waals surface area contributed by atoms with Gasteiger partial charge in [0.05, 0.1) is 0 Å². The number of hydrogen-bond donors (Lipinski definition) is 1. The van der Waals surface area contributed by atoms with E-state index in [1.54, 1.807) is 18.2 Å². The van der Waals surface area contributed by atoms with Crippen LogP contribution >= 0.6 is 0 Å². The Morgan fingerprint density at radius 2 is 2.29 bits per heavy atom. The van der Waals surface area contributed by atoms with Crippen LogP contribution in [-0.4, -0.2) is 23.0 Å². The summed E-state index contributed by atoms with van der Waals surface area (Å²) in [5, 5.41) is 9.56. The van der Waals surface area contributed by atoms with Gasteiger partial charge in [0, 0.05) is 24.1 Å². The van der Waals surface area contributed by atoms with Crippen molar-refractivity contribution in [1.29, 1.82) is 0 Å². The van der Waals surface area contributed by atoms with Gasteiger partial charge in [0.1, 0.15) is 11.9 Å². The highest BCUT2D eigenvalue weighted by Gasteiger charge is 2.13. The van der Waals surface area contributed by atoms with Crippen LogP contribution in [0.4, 0.5) is 0 Å². The molecule has 0 spiro atoms. The van der Waals surface area contributed by atoms with Crippen molar-refractivity contribution in [2.75, 3.05) is 0 Å². The summed E-state index contributed by atoms with van der Waals surface area (Å²) >= 11 is 0. The zero-order valence-electron chi connectivity index (χ0n) is 9.55. The molecule has 1 rings (SSSR count). The highest BCUT2D eigenvalue weighted by Crippen LogP contribution is 2.18. The maximum atomic E-state index is 10.9. The number of carbonyl (C=O) groups excluding carboxylic acids is 2. The summed E-state index contributed by atoms with van der Waals surface area (Å²) in [5.74, 6) is -0.792. The molecule has 1 aliphatic carbocycles. The Bertz CT molecular complexity index is 427. The minimum absolute atomic E-state index is 0.0813. The molecule has 4 nitrogen and oxygen atoms in total. The smallest absolute Gasteiger partial charge is 0.330 e. The van der Waals surface area contributed by atoms with Crippen molar-refractivity contribution in [2.45, 2.75) is 19.4 Å². The summed E-state index contributed by atoms with van der Waals surface area (Å²) in [6.45, 7) is 4.66. The third-order valence-electron chi connectivity index (χ3n) is 2.13. The number of ether oxygens (including phenoxy) is 1. The minimum Gasteiger partial charge on any atom is -0.507 e. The largest absolute Gasteiger partial charge is 0.507 e. The number of allylic oxidation sites excluding steroid dienone is 2. The Hall–Kier alpha value is -2.10. The number of carbonyl (C=O) groups is 2. The first-order chi connectivity index (χ1) is 8.02. The normalized spacial score (nSPS) is 19.5. The van der Waals surface area contributed by atoms with E-state index in [2.05, 4.69) is 6.58 Å². The lowest BCUT2D eigenvalue weighted by Crippen LogP contribution is -2.15. The van der Waals surface area contributed by atoms with E-state index in [0.717, 1.165) is 12.2 Å². The van der Waals surface area contributed by atoms with Crippen LogP contribution < -0.4 is 0 Å². The molecule has 0 aromatic rings. The van der Waals surface area contributed by atoms with Gasteiger partial charge >= 0.3 is 5.97 Å². The molecular formula is C13H14O4. The molecule has 0 saturated heterocycles. The molecule has 0 aromatic heterocycles. The highest BCUT2D eigenvalue weighted by atomic mass is 16.5. The second-order valence-corrected chi connectivity index (χ2v) is 3.57. The second kappa shape index (κ2) is 5.84. The van der Waals surface area contributed by atoms with Crippen LogP contribution in [0.25, 0.3) is 0 Å². The molecule has 17 heavy (non-hydrogen) atoms. The molecule has 1 N–H and O–H groups in total. The summed E-state index contributed by atoms with van der Waals surface area (Å²) in [6.07, 6.45) is 7.32. The zero-order chi connectivity index (χ0) is 12.8. The number of rotatable bonds is 4. The standard InChI is InChI=1S/C13H14O4/c1-3-13(16)17-11-6-4-10(5-7-11)12(15)8-9(2)14/h3-6,8,11,15H,1,7H2,2H3. The van der Waals surface area contributed by atoms with E-state index in [1.165, 1.54) is 6.92 Å². The van der Waals surface area contributed by atoms with E-state index >= 15 is 0 Å². The third kappa shape index (κ3) is 4.10. The molecule has 0 fully saturated rings. The lowest BCUT2D eigenvalue weighted by atomic mass is 10.0. The van der Waals surface area contributed by atoms with E-state index in [1.807, 2.05) is 0 Å². The van der Waals surface area contributed by atoms with Gasteiger partial charge in [0.2, 0.25) is 0 Å². The average Bonchev–Trinajstić information content (AvgIpc) is 2.28. The second-order valence-electron chi connectivity index (χ2n) is 3.57. The van der Waals surface area contributed by atoms with Gasteiger partial charge in [-0.2, -0.15) is 0 Å². The van der Waals surface area contributed by atoms with Crippen LogP contribution in [0.3, 0.4) is 0 Å². The van der Waals surface area contributed by atoms with E-state index in [9.17, 15) is 14.7 Å². The molecule has 0 bridgehead atoms. The van der Waals surface area contributed by atoms with Gasteiger partial charge in [-0.3, -0.25) is 4.79 Å². The molecule has 1 unspecified atom stereocenters. The highest BCUT2D eigenvalue weighted by molar-refractivity contribution is 5.88. The van der Waals surface area contributed by atoms with Gasteiger partial charge < -0.3 is 9.84 Å². The summed E-state index contributed by atoms with van der Waals surface area (Å²) < 4.78 is 4.99. The zero-order valence-corrected chi connectivity index (χ0v) is 9.55. The van der Waals surface area contributed by atoms with Crippen molar-refractivity contribution < 1.29 is 19.4 Å². The molecule has 0 heterocycles. The van der Waals surface area contributed by atoms with Gasteiger partial charge in [-0.05, 0) is 13.0 Å². The molecule has 0 radical (unpaired) electrons. The fourth-order valence-electron chi connectivity index (χ4n) is 1.35. The lowest BCUT2D eigenvalue weighted by Gasteiger charge is -2.15. The van der Waals surface area contributed by atoms with Crippen LogP contribution in [0.5, 0.6) is 0 Å². The van der Waals surface area contributed by atoms with Gasteiger partial charge in [-0.1, -0.05) is 18.7 Å². The van der Waals surface area contributed by atoms with Crippen molar-refractivity contribution in [3.05, 3.63) is 48.3 Å². The Morgan fingerprint density at radius 3 is 2.76 bits per heavy atom. The molecule has 1 aliphatic rings. The van der Waals surface area contributed by atoms with Crippen molar-refractivity contribution in [3.8, 4) is 0 Å². The molecule has 0 aliphatic heterocycles. The number of ketones is 1. The van der Waals surface area contributed by atoms with Crippen LogP contribution in [0.2, 0.25) is 0 Å². The first kappa shape index (κ1) is 13.0. The Balaban J connectivity index is 2.63. The molecule has 90 valence electrons. The fourth-order valence-corrected chi connectivity index (χ4v) is 1.35. The van der Waals surface area contributed by atoms with E-state index in [-0.39, 0.29) is 17.6 Å². The van der Waals surface area contributed by atoms with Crippen LogP contribution in [0.1, 0.15) is 13.3 Å².